The van der Waals surface area contributed by atoms with E-state index in [9.17, 15) is 0 Å². The first-order chi connectivity index (χ1) is 16.3. The first kappa shape index (κ1) is 21.8. The van der Waals surface area contributed by atoms with Crippen LogP contribution in [0.2, 0.25) is 0 Å². The summed E-state index contributed by atoms with van der Waals surface area (Å²) in [4.78, 5) is 11.8. The molecule has 0 radical (unpaired) electrons. The number of benzene rings is 1. The summed E-state index contributed by atoms with van der Waals surface area (Å²) in [6.45, 7) is 3.30. The second-order valence-corrected chi connectivity index (χ2v) is 8.97. The SMILES string of the molecule is C1=NC2=C(CC1)CCCC2N(Cc1ccc(CNCc2ccccn2)cc1)Cc1ccco1. The highest BCUT2D eigenvalue weighted by Gasteiger charge is 2.29. The number of furan rings is 1. The van der Waals surface area contributed by atoms with Gasteiger partial charge in [-0.25, -0.2) is 0 Å². The van der Waals surface area contributed by atoms with Gasteiger partial charge in [-0.05, 0) is 73.1 Å². The summed E-state index contributed by atoms with van der Waals surface area (Å²) in [6.07, 6.45) is 11.6. The van der Waals surface area contributed by atoms with Crippen molar-refractivity contribution < 1.29 is 4.42 Å². The Hall–Kier alpha value is -3.02. The zero-order valence-electron chi connectivity index (χ0n) is 19.1. The molecule has 3 heterocycles. The van der Waals surface area contributed by atoms with Gasteiger partial charge in [0.25, 0.3) is 0 Å². The van der Waals surface area contributed by atoms with Crippen molar-refractivity contribution in [1.29, 1.82) is 0 Å². The van der Waals surface area contributed by atoms with Gasteiger partial charge in [-0.2, -0.15) is 0 Å². The highest BCUT2D eigenvalue weighted by atomic mass is 16.3. The first-order valence-corrected chi connectivity index (χ1v) is 12.0. The molecule has 170 valence electrons. The fourth-order valence-electron chi connectivity index (χ4n) is 4.91. The Bertz CT molecular complexity index is 1070. The van der Waals surface area contributed by atoms with Gasteiger partial charge in [0.1, 0.15) is 5.76 Å². The molecule has 1 unspecified atom stereocenters. The van der Waals surface area contributed by atoms with E-state index in [0.717, 1.165) is 50.5 Å². The Morgan fingerprint density at radius 2 is 1.85 bits per heavy atom. The van der Waals surface area contributed by atoms with Gasteiger partial charge in [0.05, 0.1) is 30.2 Å². The number of hydrogen-bond acceptors (Lipinski definition) is 5. The minimum Gasteiger partial charge on any atom is -0.468 e. The lowest BCUT2D eigenvalue weighted by Gasteiger charge is -2.36. The monoisotopic (exact) mass is 440 g/mol. The number of aromatic nitrogens is 1. The van der Waals surface area contributed by atoms with Crippen molar-refractivity contribution in [2.75, 3.05) is 0 Å². The normalized spacial score (nSPS) is 18.0. The topological polar surface area (TPSA) is 53.7 Å². The van der Waals surface area contributed by atoms with Crippen LogP contribution in [0, 0.1) is 0 Å². The number of nitrogens with zero attached hydrogens (tertiary/aromatic N) is 3. The largest absolute Gasteiger partial charge is 0.468 e. The molecule has 0 bridgehead atoms. The first-order valence-electron chi connectivity index (χ1n) is 12.0. The molecule has 5 heteroatoms. The van der Waals surface area contributed by atoms with Crippen LogP contribution in [0.1, 0.15) is 54.7 Å². The van der Waals surface area contributed by atoms with Crippen molar-refractivity contribution in [3.63, 3.8) is 0 Å². The summed E-state index contributed by atoms with van der Waals surface area (Å²) in [6, 6.07) is 19.4. The van der Waals surface area contributed by atoms with Gasteiger partial charge in [-0.15, -0.1) is 0 Å². The van der Waals surface area contributed by atoms with Crippen molar-refractivity contribution in [3.8, 4) is 0 Å². The summed E-state index contributed by atoms with van der Waals surface area (Å²) >= 11 is 0. The van der Waals surface area contributed by atoms with Crippen LogP contribution in [0.3, 0.4) is 0 Å². The van der Waals surface area contributed by atoms with Crippen molar-refractivity contribution >= 4 is 6.21 Å². The van der Waals surface area contributed by atoms with E-state index in [-0.39, 0.29) is 0 Å². The Kier molecular flexibility index (Phi) is 7.09. The number of hydrogen-bond donors (Lipinski definition) is 1. The minimum atomic E-state index is 0.357. The summed E-state index contributed by atoms with van der Waals surface area (Å²) < 4.78 is 5.72. The Morgan fingerprint density at radius 3 is 2.67 bits per heavy atom. The van der Waals surface area contributed by atoms with Gasteiger partial charge < -0.3 is 9.73 Å². The van der Waals surface area contributed by atoms with E-state index in [1.165, 1.54) is 36.1 Å². The summed E-state index contributed by atoms with van der Waals surface area (Å²) in [7, 11) is 0. The molecule has 2 aliphatic rings. The zero-order chi connectivity index (χ0) is 22.3. The number of nitrogens with one attached hydrogen (secondary N) is 1. The highest BCUT2D eigenvalue weighted by molar-refractivity contribution is 5.62. The third-order valence-corrected chi connectivity index (χ3v) is 6.59. The molecule has 0 amide bonds. The lowest BCUT2D eigenvalue weighted by atomic mass is 9.87. The van der Waals surface area contributed by atoms with Gasteiger partial charge in [0.2, 0.25) is 0 Å². The Labute approximate surface area is 196 Å². The third-order valence-electron chi connectivity index (χ3n) is 6.59. The average Bonchev–Trinajstić information content (AvgIpc) is 3.38. The third kappa shape index (κ3) is 5.67. The molecule has 5 nitrogen and oxygen atoms in total. The van der Waals surface area contributed by atoms with Gasteiger partial charge in [-0.1, -0.05) is 30.3 Å². The lowest BCUT2D eigenvalue weighted by Crippen LogP contribution is -2.38. The molecule has 1 aromatic carbocycles. The maximum atomic E-state index is 5.72. The van der Waals surface area contributed by atoms with E-state index < -0.39 is 0 Å². The number of pyridine rings is 1. The molecule has 2 aromatic heterocycles. The molecule has 1 aliphatic carbocycles. The van der Waals surface area contributed by atoms with Gasteiger partial charge >= 0.3 is 0 Å². The van der Waals surface area contributed by atoms with Crippen LogP contribution in [0.15, 0.2) is 87.7 Å². The van der Waals surface area contributed by atoms with Crippen LogP contribution >= 0.6 is 0 Å². The van der Waals surface area contributed by atoms with E-state index >= 15 is 0 Å². The molecular formula is C28H32N4O. The number of rotatable bonds is 9. The molecule has 0 fully saturated rings. The maximum Gasteiger partial charge on any atom is 0.117 e. The van der Waals surface area contributed by atoms with Crippen LogP contribution < -0.4 is 5.32 Å². The van der Waals surface area contributed by atoms with Crippen LogP contribution in [-0.4, -0.2) is 22.1 Å². The summed E-state index contributed by atoms with van der Waals surface area (Å²) in [5.41, 5.74) is 6.55. The lowest BCUT2D eigenvalue weighted by molar-refractivity contribution is 0.169. The van der Waals surface area contributed by atoms with Crippen LogP contribution in [0.25, 0.3) is 0 Å². The van der Waals surface area contributed by atoms with Crippen LogP contribution in [0.5, 0.6) is 0 Å². The Balaban J connectivity index is 1.26. The van der Waals surface area contributed by atoms with Crippen molar-refractivity contribution in [2.45, 2.75) is 64.3 Å². The summed E-state index contributed by atoms with van der Waals surface area (Å²) in [5, 5.41) is 3.48. The van der Waals surface area contributed by atoms with E-state index in [0.29, 0.717) is 6.04 Å². The summed E-state index contributed by atoms with van der Waals surface area (Å²) in [5.74, 6) is 1.01. The predicted molar refractivity (Wildman–Crippen MR) is 132 cm³/mol. The molecule has 3 aromatic rings. The standard InChI is InChI=1S/C28H32N4O/c1-2-15-30-25(8-1)19-29-18-22-11-13-23(14-12-22)20-32(21-26-9-5-17-33-26)27-10-3-6-24-7-4-16-31-28(24)27/h1-2,5,8-9,11-17,27,29H,3-4,6-7,10,18-21H2. The van der Waals surface area contributed by atoms with Gasteiger partial charge in [0, 0.05) is 32.0 Å². The molecule has 0 spiro atoms. The van der Waals surface area contributed by atoms with E-state index in [1.807, 2.05) is 30.5 Å². The van der Waals surface area contributed by atoms with Crippen LogP contribution in [0.4, 0.5) is 0 Å². The molecule has 1 atom stereocenters. The second-order valence-electron chi connectivity index (χ2n) is 8.97. The molecule has 1 N–H and O–H groups in total. The van der Waals surface area contributed by atoms with Crippen molar-refractivity contribution in [3.05, 3.63) is 101 Å². The fraction of sp³-hybridized carbons (Fsp3) is 0.357. The van der Waals surface area contributed by atoms with E-state index in [4.69, 9.17) is 9.41 Å². The zero-order valence-corrected chi connectivity index (χ0v) is 19.1. The molecule has 1 aliphatic heterocycles. The molecule has 33 heavy (non-hydrogen) atoms. The molecule has 0 saturated heterocycles. The second kappa shape index (κ2) is 10.7. The van der Waals surface area contributed by atoms with E-state index in [2.05, 4.69) is 51.7 Å². The molecule has 5 rings (SSSR count). The highest BCUT2D eigenvalue weighted by Crippen LogP contribution is 2.35. The van der Waals surface area contributed by atoms with Crippen molar-refractivity contribution in [2.24, 2.45) is 4.99 Å². The fourth-order valence-corrected chi connectivity index (χ4v) is 4.91. The maximum absolute atomic E-state index is 5.72. The smallest absolute Gasteiger partial charge is 0.117 e. The van der Waals surface area contributed by atoms with Gasteiger partial charge in [-0.3, -0.25) is 14.9 Å². The van der Waals surface area contributed by atoms with E-state index in [1.54, 1.807) is 11.8 Å². The quantitative estimate of drug-likeness (QED) is 0.468. The Morgan fingerprint density at radius 1 is 0.939 bits per heavy atom. The number of allylic oxidation sites excluding steroid dienone is 1. The predicted octanol–water partition coefficient (Wildman–Crippen LogP) is 5.64. The van der Waals surface area contributed by atoms with Crippen molar-refractivity contribution in [1.82, 2.24) is 15.2 Å². The molecular weight excluding hydrogens is 408 g/mol. The van der Waals surface area contributed by atoms with Crippen LogP contribution in [-0.2, 0) is 26.2 Å². The molecule has 0 saturated carbocycles. The van der Waals surface area contributed by atoms with Gasteiger partial charge in [0.15, 0.2) is 0 Å². The number of aliphatic imine (C=N–C) groups is 1. The average molecular weight is 441 g/mol. The minimum absolute atomic E-state index is 0.357.